The number of nitrogens with zero attached hydrogens (tertiary/aromatic N) is 1. The number of rotatable bonds is 3. The summed E-state index contributed by atoms with van der Waals surface area (Å²) in [6, 6.07) is 0.787. The van der Waals surface area contributed by atoms with E-state index in [1.54, 1.807) is 0 Å². The van der Waals surface area contributed by atoms with Gasteiger partial charge in [-0.15, -0.1) is 0 Å². The second-order valence-corrected chi connectivity index (χ2v) is 15.9. The molecule has 7 aliphatic rings. The zero-order valence-electron chi connectivity index (χ0n) is 25.3. The maximum atomic E-state index is 11.6. The molecule has 0 spiro atoms. The van der Waals surface area contributed by atoms with Gasteiger partial charge in [0.05, 0.1) is 18.8 Å². The van der Waals surface area contributed by atoms with Gasteiger partial charge in [-0.2, -0.15) is 0 Å². The van der Waals surface area contributed by atoms with E-state index in [2.05, 4.69) is 25.7 Å². The van der Waals surface area contributed by atoms with Crippen LogP contribution in [0.15, 0.2) is 0 Å². The van der Waals surface area contributed by atoms with Crippen LogP contribution in [0.3, 0.4) is 0 Å². The minimum Gasteiger partial charge on any atom is -0.394 e. The fraction of sp³-hybridized carbons (Fsp3) is 1.00. The number of piperidine rings is 2. The molecule has 3 heterocycles. The molecule has 4 aliphatic carbocycles. The number of ether oxygens (including phenoxy) is 2. The summed E-state index contributed by atoms with van der Waals surface area (Å²) in [5, 5.41) is 52.1. The average Bonchev–Trinajstić information content (AvgIpc) is 3.34. The molecule has 3 saturated heterocycles. The Balaban J connectivity index is 1.06. The molecule has 0 aromatic rings. The van der Waals surface area contributed by atoms with Crippen LogP contribution in [0.25, 0.3) is 0 Å². The van der Waals surface area contributed by atoms with Crippen LogP contribution in [0.2, 0.25) is 0 Å². The number of aliphatic hydroxyl groups excluding tert-OH is 5. The maximum Gasteiger partial charge on any atom is 0.186 e. The first kappa shape index (κ1) is 29.4. The number of hydrogen-bond donors (Lipinski definition) is 5. The van der Waals surface area contributed by atoms with Crippen LogP contribution in [0.1, 0.15) is 78.6 Å². The van der Waals surface area contributed by atoms with E-state index < -0.39 is 37.3 Å². The highest BCUT2D eigenvalue weighted by Crippen LogP contribution is 2.67. The van der Waals surface area contributed by atoms with Gasteiger partial charge < -0.3 is 35.0 Å². The standard InChI is InChI=1S/C33H55NO7/c1-16-4-7-26-17(2)19-5-6-20-21(23(19)14-34(26)13-16)11-24-22(20)12-27(36)25-10-18(8-9-33(24,25)3)40-32-31(39)30(38)29(37)28(15-35)41-32/h16-32,35-39H,4-15H2,1-3H3/t16-,17+,18-,19+,20-,21+,22-,23+,24-,25+,26-,27+,28+,29-,30?,31+,32+,33+/m0/s1. The minimum absolute atomic E-state index is 0.0763. The molecule has 3 aliphatic heterocycles. The Morgan fingerprint density at radius 1 is 0.780 bits per heavy atom. The van der Waals surface area contributed by atoms with Crippen molar-refractivity contribution < 1.29 is 35.0 Å². The van der Waals surface area contributed by atoms with Crippen molar-refractivity contribution in [2.24, 2.45) is 58.7 Å². The van der Waals surface area contributed by atoms with Gasteiger partial charge in [-0.3, -0.25) is 4.90 Å². The van der Waals surface area contributed by atoms with Gasteiger partial charge in [-0.05, 0) is 116 Å². The van der Waals surface area contributed by atoms with Gasteiger partial charge in [0.1, 0.15) is 24.4 Å². The van der Waals surface area contributed by atoms with E-state index in [0.29, 0.717) is 18.3 Å². The summed E-state index contributed by atoms with van der Waals surface area (Å²) in [6.07, 6.45) is 3.39. The molecule has 7 rings (SSSR count). The SMILES string of the molecule is C[C@H]1CC[C@H]2[C@H](C)[C@H]3CC[C@H]4[C@@H](C[C@H]5[C@H]4C[C@@H](O)[C@H]4C[C@@H](O[C@@H]6O[C@H](CO)[C@H](O)C(O)[C@H]6O)CC[C@@]45C)[C@@H]3CN2C1. The first-order chi connectivity index (χ1) is 19.6. The number of aliphatic hydroxyl groups is 5. The predicted octanol–water partition coefficient (Wildman–Crippen LogP) is 2.39. The summed E-state index contributed by atoms with van der Waals surface area (Å²) in [5.41, 5.74) is 0.0763. The molecule has 5 N–H and O–H groups in total. The molecule has 0 aromatic heterocycles. The molecule has 234 valence electrons. The average molecular weight is 578 g/mol. The van der Waals surface area contributed by atoms with Crippen LogP contribution in [0, 0.1) is 58.7 Å². The predicted molar refractivity (Wildman–Crippen MR) is 152 cm³/mol. The van der Waals surface area contributed by atoms with Crippen LogP contribution in [-0.2, 0) is 9.47 Å². The van der Waals surface area contributed by atoms with E-state index in [1.165, 1.54) is 45.2 Å². The van der Waals surface area contributed by atoms with Gasteiger partial charge in [0.2, 0.25) is 0 Å². The van der Waals surface area contributed by atoms with E-state index in [0.717, 1.165) is 60.8 Å². The van der Waals surface area contributed by atoms with E-state index in [1.807, 2.05) is 0 Å². The molecule has 4 saturated carbocycles. The quantitative estimate of drug-likeness (QED) is 0.324. The zero-order chi connectivity index (χ0) is 28.8. The molecule has 1 unspecified atom stereocenters. The third-order valence-electron chi connectivity index (χ3n) is 14.1. The summed E-state index contributed by atoms with van der Waals surface area (Å²) in [5.74, 6) is 6.23. The Labute approximate surface area is 245 Å². The van der Waals surface area contributed by atoms with Crippen molar-refractivity contribution in [3.63, 3.8) is 0 Å². The molecule has 41 heavy (non-hydrogen) atoms. The zero-order valence-corrected chi connectivity index (χ0v) is 25.3. The van der Waals surface area contributed by atoms with Crippen molar-refractivity contribution in [1.82, 2.24) is 4.90 Å². The van der Waals surface area contributed by atoms with Gasteiger partial charge in [-0.25, -0.2) is 0 Å². The normalized spacial score (nSPS) is 59.0. The lowest BCUT2D eigenvalue weighted by Crippen LogP contribution is -2.60. The van der Waals surface area contributed by atoms with Crippen molar-refractivity contribution in [3.8, 4) is 0 Å². The fourth-order valence-corrected chi connectivity index (χ4v) is 12.1. The van der Waals surface area contributed by atoms with Crippen molar-refractivity contribution in [1.29, 1.82) is 0 Å². The molecule has 0 bridgehead atoms. The van der Waals surface area contributed by atoms with Crippen molar-refractivity contribution in [2.75, 3.05) is 19.7 Å². The van der Waals surface area contributed by atoms with Gasteiger partial charge in [0.15, 0.2) is 6.29 Å². The highest BCUT2D eigenvalue weighted by Gasteiger charge is 2.63. The second kappa shape index (κ2) is 10.9. The van der Waals surface area contributed by atoms with E-state index in [9.17, 15) is 25.5 Å². The lowest BCUT2D eigenvalue weighted by Gasteiger charge is -2.57. The Bertz CT molecular complexity index is 949. The first-order valence-corrected chi connectivity index (χ1v) is 17.0. The summed E-state index contributed by atoms with van der Waals surface area (Å²) >= 11 is 0. The third kappa shape index (κ3) is 4.68. The molecule has 0 radical (unpaired) electrons. The Kier molecular flexibility index (Phi) is 7.84. The van der Waals surface area contributed by atoms with Gasteiger partial charge in [0.25, 0.3) is 0 Å². The number of hydrogen-bond acceptors (Lipinski definition) is 8. The lowest BCUT2D eigenvalue weighted by atomic mass is 9.51. The van der Waals surface area contributed by atoms with Crippen molar-refractivity contribution in [3.05, 3.63) is 0 Å². The maximum absolute atomic E-state index is 11.6. The molecule has 0 aromatic carbocycles. The highest BCUT2D eigenvalue weighted by molar-refractivity contribution is 5.12. The van der Waals surface area contributed by atoms with E-state index in [4.69, 9.17) is 9.47 Å². The van der Waals surface area contributed by atoms with Gasteiger partial charge in [-0.1, -0.05) is 20.8 Å². The molecular formula is C33H55NO7. The molecule has 18 atom stereocenters. The van der Waals surface area contributed by atoms with E-state index in [-0.39, 0.29) is 23.5 Å². The molecule has 8 nitrogen and oxygen atoms in total. The van der Waals surface area contributed by atoms with Crippen molar-refractivity contribution in [2.45, 2.75) is 128 Å². The van der Waals surface area contributed by atoms with Gasteiger partial charge in [0, 0.05) is 19.1 Å². The van der Waals surface area contributed by atoms with Crippen LogP contribution in [0.5, 0.6) is 0 Å². The Hall–Kier alpha value is -0.320. The van der Waals surface area contributed by atoms with Crippen molar-refractivity contribution >= 4 is 0 Å². The smallest absolute Gasteiger partial charge is 0.186 e. The summed E-state index contributed by atoms with van der Waals surface area (Å²) in [7, 11) is 0. The molecule has 0 amide bonds. The Morgan fingerprint density at radius 2 is 1.56 bits per heavy atom. The van der Waals surface area contributed by atoms with Crippen LogP contribution >= 0.6 is 0 Å². The monoisotopic (exact) mass is 577 g/mol. The van der Waals surface area contributed by atoms with Crippen LogP contribution in [0.4, 0.5) is 0 Å². The summed E-state index contributed by atoms with van der Waals surface area (Å²) < 4.78 is 11.9. The first-order valence-electron chi connectivity index (χ1n) is 17.0. The van der Waals surface area contributed by atoms with Crippen LogP contribution < -0.4 is 0 Å². The topological polar surface area (TPSA) is 123 Å². The highest BCUT2D eigenvalue weighted by atomic mass is 16.7. The molecular weight excluding hydrogens is 522 g/mol. The summed E-state index contributed by atoms with van der Waals surface area (Å²) in [6.45, 7) is 9.55. The fourth-order valence-electron chi connectivity index (χ4n) is 12.1. The second-order valence-electron chi connectivity index (χ2n) is 15.9. The lowest BCUT2D eigenvalue weighted by molar-refractivity contribution is -0.317. The Morgan fingerprint density at radius 3 is 2.34 bits per heavy atom. The summed E-state index contributed by atoms with van der Waals surface area (Å²) in [4.78, 5) is 2.88. The third-order valence-corrected chi connectivity index (χ3v) is 14.1. The largest absolute Gasteiger partial charge is 0.394 e. The molecule has 7 fully saturated rings. The minimum atomic E-state index is -1.43. The van der Waals surface area contributed by atoms with Crippen LogP contribution in [-0.4, -0.2) is 99.1 Å². The molecule has 8 heteroatoms. The number of fused-ring (bicyclic) bond motifs is 8. The van der Waals surface area contributed by atoms with Gasteiger partial charge >= 0.3 is 0 Å². The van der Waals surface area contributed by atoms with E-state index >= 15 is 0 Å².